The highest BCUT2D eigenvalue weighted by molar-refractivity contribution is 9.10. The summed E-state index contributed by atoms with van der Waals surface area (Å²) in [6, 6.07) is 1.77. The average molecular weight is 317 g/mol. The van der Waals surface area contributed by atoms with Crippen LogP contribution in [0.5, 0.6) is 0 Å². The number of halogens is 1. The minimum absolute atomic E-state index is 0.253. The van der Waals surface area contributed by atoms with Crippen LogP contribution >= 0.6 is 15.9 Å². The molecule has 1 N–H and O–H groups in total. The van der Waals surface area contributed by atoms with E-state index in [1.807, 2.05) is 17.7 Å². The number of aryl methyl sites for hydroxylation is 1. The van der Waals surface area contributed by atoms with E-state index in [1.165, 1.54) is 0 Å². The molecule has 5 nitrogen and oxygen atoms in total. The lowest BCUT2D eigenvalue weighted by molar-refractivity contribution is -0.186. The highest BCUT2D eigenvalue weighted by Crippen LogP contribution is 2.16. The monoisotopic (exact) mass is 316 g/mol. The molecule has 1 aromatic rings. The van der Waals surface area contributed by atoms with E-state index in [4.69, 9.17) is 9.57 Å². The van der Waals surface area contributed by atoms with Gasteiger partial charge in [-0.2, -0.15) is 0 Å². The van der Waals surface area contributed by atoms with Gasteiger partial charge in [0.05, 0.1) is 0 Å². The Morgan fingerprint density at radius 1 is 1.67 bits per heavy atom. The largest absolute Gasteiger partial charge is 0.350 e. The van der Waals surface area contributed by atoms with E-state index in [1.54, 1.807) is 6.07 Å². The molecule has 1 amide bonds. The fraction of sp³-hybridized carbons (Fsp3) is 0.583. The second-order valence-corrected chi connectivity index (χ2v) is 5.09. The van der Waals surface area contributed by atoms with Crippen LogP contribution in [0.4, 0.5) is 0 Å². The summed E-state index contributed by atoms with van der Waals surface area (Å²) in [4.78, 5) is 17.2. The molecule has 2 rings (SSSR count). The highest BCUT2D eigenvalue weighted by atomic mass is 79.9. The molecule has 1 aromatic heterocycles. The van der Waals surface area contributed by atoms with Crippen LogP contribution in [-0.4, -0.2) is 23.4 Å². The number of nitrogens with zero attached hydrogens (tertiary/aromatic N) is 1. The number of hydroxylamine groups is 1. The Morgan fingerprint density at radius 2 is 2.50 bits per heavy atom. The third kappa shape index (κ3) is 3.34. The summed E-state index contributed by atoms with van der Waals surface area (Å²) >= 11 is 3.35. The van der Waals surface area contributed by atoms with Crippen molar-refractivity contribution in [3.63, 3.8) is 0 Å². The van der Waals surface area contributed by atoms with Gasteiger partial charge in [-0.1, -0.05) is 0 Å². The molecule has 6 heteroatoms. The van der Waals surface area contributed by atoms with E-state index in [9.17, 15) is 4.79 Å². The molecule has 100 valence electrons. The first kappa shape index (κ1) is 13.6. The number of ether oxygens (including phenoxy) is 1. The van der Waals surface area contributed by atoms with Crippen molar-refractivity contribution in [1.29, 1.82) is 0 Å². The molecular formula is C12H17BrN2O3. The fourth-order valence-corrected chi connectivity index (χ4v) is 2.37. The Kier molecular flexibility index (Phi) is 4.79. The van der Waals surface area contributed by atoms with Gasteiger partial charge in [-0.15, -0.1) is 0 Å². The summed E-state index contributed by atoms with van der Waals surface area (Å²) in [6.07, 6.45) is 4.48. The quantitative estimate of drug-likeness (QED) is 0.868. The first-order chi connectivity index (χ1) is 8.70. The zero-order chi connectivity index (χ0) is 13.0. The zero-order valence-electron chi connectivity index (χ0n) is 10.3. The van der Waals surface area contributed by atoms with Gasteiger partial charge in [-0.05, 0) is 41.8 Å². The van der Waals surface area contributed by atoms with Crippen molar-refractivity contribution < 1.29 is 14.4 Å². The molecule has 1 aliphatic heterocycles. The lowest BCUT2D eigenvalue weighted by Gasteiger charge is -2.22. The molecule has 0 saturated carbocycles. The molecule has 0 radical (unpaired) electrons. The molecular weight excluding hydrogens is 300 g/mol. The van der Waals surface area contributed by atoms with Crippen LogP contribution in [-0.2, 0) is 16.1 Å². The third-order valence-electron chi connectivity index (χ3n) is 2.86. The Hall–Kier alpha value is -0.850. The van der Waals surface area contributed by atoms with Crippen molar-refractivity contribution in [1.82, 2.24) is 10.0 Å². The number of hydrogen-bond acceptors (Lipinski definition) is 3. The molecule has 1 atom stereocenters. The maximum Gasteiger partial charge on any atom is 0.291 e. The van der Waals surface area contributed by atoms with Gasteiger partial charge in [0.1, 0.15) is 5.69 Å². The van der Waals surface area contributed by atoms with E-state index in [0.29, 0.717) is 12.3 Å². The fourth-order valence-electron chi connectivity index (χ4n) is 1.90. The van der Waals surface area contributed by atoms with E-state index < -0.39 is 0 Å². The van der Waals surface area contributed by atoms with Gasteiger partial charge in [-0.25, -0.2) is 10.3 Å². The summed E-state index contributed by atoms with van der Waals surface area (Å²) in [5.74, 6) is -0.253. The molecule has 1 fully saturated rings. The summed E-state index contributed by atoms with van der Waals surface area (Å²) < 4.78 is 8.10. The van der Waals surface area contributed by atoms with Crippen molar-refractivity contribution in [2.45, 2.75) is 39.0 Å². The van der Waals surface area contributed by atoms with E-state index in [0.717, 1.165) is 30.3 Å². The van der Waals surface area contributed by atoms with Crippen molar-refractivity contribution >= 4 is 21.8 Å². The highest BCUT2D eigenvalue weighted by Gasteiger charge is 2.18. The molecule has 0 aliphatic carbocycles. The first-order valence-corrected chi connectivity index (χ1v) is 6.93. The molecule has 1 aliphatic rings. The predicted octanol–water partition coefficient (Wildman–Crippen LogP) is 2.46. The minimum Gasteiger partial charge on any atom is -0.350 e. The van der Waals surface area contributed by atoms with Crippen LogP contribution in [0.25, 0.3) is 0 Å². The van der Waals surface area contributed by atoms with Crippen LogP contribution in [0.15, 0.2) is 16.7 Å². The Morgan fingerprint density at radius 3 is 3.17 bits per heavy atom. The standard InChI is InChI=1S/C12H17BrN2O3/c1-2-15-8-9(13)7-10(15)12(16)14-18-11-5-3-4-6-17-11/h7-8,11H,2-6H2,1H3,(H,14,16)/t11-/m1/s1. The normalized spacial score (nSPS) is 19.8. The molecule has 0 bridgehead atoms. The second-order valence-electron chi connectivity index (χ2n) is 4.17. The Labute approximate surface area is 115 Å². The van der Waals surface area contributed by atoms with Gasteiger partial charge in [0.2, 0.25) is 0 Å². The van der Waals surface area contributed by atoms with Gasteiger partial charge >= 0.3 is 0 Å². The van der Waals surface area contributed by atoms with Crippen LogP contribution in [0, 0.1) is 0 Å². The maximum atomic E-state index is 11.9. The van der Waals surface area contributed by atoms with E-state index >= 15 is 0 Å². The number of amides is 1. The lowest BCUT2D eigenvalue weighted by Crippen LogP contribution is -2.34. The predicted molar refractivity (Wildman–Crippen MR) is 69.9 cm³/mol. The molecule has 2 heterocycles. The summed E-state index contributed by atoms with van der Waals surface area (Å²) in [5.41, 5.74) is 3.02. The topological polar surface area (TPSA) is 52.5 Å². The van der Waals surface area contributed by atoms with Gasteiger partial charge in [-0.3, -0.25) is 4.79 Å². The smallest absolute Gasteiger partial charge is 0.291 e. The van der Waals surface area contributed by atoms with Crippen molar-refractivity contribution in [2.24, 2.45) is 0 Å². The third-order valence-corrected chi connectivity index (χ3v) is 3.29. The van der Waals surface area contributed by atoms with Gasteiger partial charge in [0, 0.05) is 30.2 Å². The van der Waals surface area contributed by atoms with Crippen LogP contribution in [0.3, 0.4) is 0 Å². The maximum absolute atomic E-state index is 11.9. The molecule has 0 aromatic carbocycles. The number of nitrogens with one attached hydrogen (secondary N) is 1. The minimum atomic E-state index is -0.323. The summed E-state index contributed by atoms with van der Waals surface area (Å²) in [6.45, 7) is 3.40. The number of carbonyl (C=O) groups is 1. The Bertz CT molecular complexity index is 413. The van der Waals surface area contributed by atoms with Crippen LogP contribution in [0.2, 0.25) is 0 Å². The number of carbonyl (C=O) groups excluding carboxylic acids is 1. The number of aromatic nitrogens is 1. The SMILES string of the molecule is CCn1cc(Br)cc1C(=O)NO[C@@H]1CCCCO1. The molecule has 0 unspecified atom stereocenters. The van der Waals surface area contributed by atoms with Crippen molar-refractivity contribution in [3.05, 3.63) is 22.4 Å². The van der Waals surface area contributed by atoms with Crippen molar-refractivity contribution in [2.75, 3.05) is 6.61 Å². The zero-order valence-corrected chi connectivity index (χ0v) is 11.9. The summed E-state index contributed by atoms with van der Waals surface area (Å²) in [5, 5.41) is 0. The van der Waals surface area contributed by atoms with E-state index in [2.05, 4.69) is 21.4 Å². The number of rotatable bonds is 4. The molecule has 0 spiro atoms. The average Bonchev–Trinajstić information content (AvgIpc) is 2.78. The first-order valence-electron chi connectivity index (χ1n) is 6.14. The second kappa shape index (κ2) is 6.36. The van der Waals surface area contributed by atoms with Gasteiger partial charge < -0.3 is 9.30 Å². The molecule has 1 saturated heterocycles. The summed E-state index contributed by atoms with van der Waals surface area (Å²) in [7, 11) is 0. The Balaban J connectivity index is 1.90. The van der Waals surface area contributed by atoms with Crippen molar-refractivity contribution in [3.8, 4) is 0 Å². The van der Waals surface area contributed by atoms with Gasteiger partial charge in [0.15, 0.2) is 6.29 Å². The van der Waals surface area contributed by atoms with E-state index in [-0.39, 0.29) is 12.2 Å². The number of hydrogen-bond donors (Lipinski definition) is 1. The molecule has 18 heavy (non-hydrogen) atoms. The van der Waals surface area contributed by atoms with Crippen LogP contribution in [0.1, 0.15) is 36.7 Å². The van der Waals surface area contributed by atoms with Gasteiger partial charge in [0.25, 0.3) is 5.91 Å². The van der Waals surface area contributed by atoms with Crippen LogP contribution < -0.4 is 5.48 Å². The lowest BCUT2D eigenvalue weighted by atomic mass is 10.2.